The Bertz CT molecular complexity index is 3540. The molecule has 3 nitrogen and oxygen atoms in total. The molecule has 4 heteroatoms. The van der Waals surface area contributed by atoms with Gasteiger partial charge in [0.2, 0.25) is 0 Å². The number of hydrogen-bond donors (Lipinski definition) is 0. The van der Waals surface area contributed by atoms with Gasteiger partial charge in [-0.3, -0.25) is 0 Å². The van der Waals surface area contributed by atoms with Crippen LogP contribution < -0.4 is 20.6 Å². The molecular formula is C65H61BN2O. The molecular weight excluding hydrogens is 836 g/mol. The molecule has 0 fully saturated rings. The molecule has 0 atom stereocenters. The van der Waals surface area contributed by atoms with E-state index in [1.165, 1.54) is 112 Å². The van der Waals surface area contributed by atoms with E-state index in [9.17, 15) is 0 Å². The first-order valence-corrected chi connectivity index (χ1v) is 25.3. The van der Waals surface area contributed by atoms with Crippen LogP contribution in [0.3, 0.4) is 0 Å². The Kier molecular flexibility index (Phi) is 8.69. The maximum atomic E-state index is 7.43. The molecule has 340 valence electrons. The summed E-state index contributed by atoms with van der Waals surface area (Å²) < 4.78 is 7.43. The second-order valence-corrected chi connectivity index (χ2v) is 24.0. The van der Waals surface area contributed by atoms with Crippen LogP contribution in [0, 0.1) is 0 Å². The number of rotatable bonds is 3. The van der Waals surface area contributed by atoms with Crippen molar-refractivity contribution in [3.05, 3.63) is 208 Å². The van der Waals surface area contributed by atoms with E-state index in [0.717, 1.165) is 17.6 Å². The lowest BCUT2D eigenvalue weighted by Gasteiger charge is -2.52. The average Bonchev–Trinajstić information content (AvgIpc) is 3.71. The smallest absolute Gasteiger partial charge is 0.333 e. The first-order valence-electron chi connectivity index (χ1n) is 25.3. The van der Waals surface area contributed by atoms with E-state index in [-0.39, 0.29) is 28.5 Å². The third-order valence-electron chi connectivity index (χ3n) is 16.9. The molecule has 1 aliphatic carbocycles. The Labute approximate surface area is 408 Å². The van der Waals surface area contributed by atoms with Crippen molar-refractivity contribution < 1.29 is 4.42 Å². The van der Waals surface area contributed by atoms with Gasteiger partial charge in [0.25, 0.3) is 0 Å². The van der Waals surface area contributed by atoms with Crippen molar-refractivity contribution >= 4 is 68.1 Å². The lowest BCUT2D eigenvalue weighted by atomic mass is 9.42. The standard InChI is InChI=1S/C65H61BN2O/c1-61(2,3)40-28-30-44(31-29-40)68-54-33-32-45-46-38-50-51(64(9,10)35-34-63(50,7)8)39-56(46)69-60(45)57(54)47-36-43(62(4,5)6)37-55-58(47)66(68)52-26-19-25-49-59(52)67(55)53-27-18-17-24-48(53)65(49,41-20-13-11-14-21-41)42-22-15-12-16-23-42/h11-33,36-39H,34-35H2,1-10H3. The summed E-state index contributed by atoms with van der Waals surface area (Å²) in [6, 6.07) is 63.0. The Morgan fingerprint density at radius 2 is 1.12 bits per heavy atom. The minimum Gasteiger partial charge on any atom is -0.455 e. The Morgan fingerprint density at radius 1 is 0.507 bits per heavy atom. The minimum absolute atomic E-state index is 0.0135. The zero-order chi connectivity index (χ0) is 47.6. The molecule has 0 N–H and O–H groups in total. The Balaban J connectivity index is 1.18. The van der Waals surface area contributed by atoms with Crippen LogP contribution in [0.4, 0.5) is 28.4 Å². The van der Waals surface area contributed by atoms with Crippen LogP contribution in [0.1, 0.15) is 127 Å². The second-order valence-electron chi connectivity index (χ2n) is 24.0. The van der Waals surface area contributed by atoms with Gasteiger partial charge in [0.1, 0.15) is 11.2 Å². The molecule has 0 saturated carbocycles. The van der Waals surface area contributed by atoms with E-state index in [2.05, 4.69) is 243 Å². The molecule has 0 bridgehead atoms. The largest absolute Gasteiger partial charge is 0.455 e. The van der Waals surface area contributed by atoms with Crippen LogP contribution in [-0.2, 0) is 27.1 Å². The van der Waals surface area contributed by atoms with Gasteiger partial charge in [-0.05, 0) is 144 Å². The number of fused-ring (bicyclic) bond motifs is 11. The van der Waals surface area contributed by atoms with Gasteiger partial charge in [0.15, 0.2) is 0 Å². The molecule has 0 radical (unpaired) electrons. The summed E-state index contributed by atoms with van der Waals surface area (Å²) in [6.45, 7) is 23.5. The maximum absolute atomic E-state index is 7.43. The van der Waals surface area contributed by atoms with Gasteiger partial charge in [-0.25, -0.2) is 0 Å². The van der Waals surface area contributed by atoms with Gasteiger partial charge >= 0.3 is 6.85 Å². The summed E-state index contributed by atoms with van der Waals surface area (Å²) in [5.41, 5.74) is 23.0. The first kappa shape index (κ1) is 42.3. The van der Waals surface area contributed by atoms with Crippen LogP contribution in [-0.4, -0.2) is 6.85 Å². The summed E-state index contributed by atoms with van der Waals surface area (Å²) in [7, 11) is 0. The van der Waals surface area contributed by atoms with E-state index < -0.39 is 5.41 Å². The fraction of sp³-hybridized carbons (Fsp3) is 0.262. The van der Waals surface area contributed by atoms with Gasteiger partial charge in [0.05, 0.1) is 11.1 Å². The maximum Gasteiger partial charge on any atom is 0.333 e. The van der Waals surface area contributed by atoms with E-state index >= 15 is 0 Å². The lowest BCUT2D eigenvalue weighted by Crippen LogP contribution is -2.63. The molecule has 13 rings (SSSR count). The normalized spacial score (nSPS) is 17.0. The number of nitrogens with zero attached hydrogens (tertiary/aromatic N) is 2. The monoisotopic (exact) mass is 896 g/mol. The van der Waals surface area contributed by atoms with Crippen molar-refractivity contribution in [2.75, 3.05) is 9.71 Å². The van der Waals surface area contributed by atoms with Crippen LogP contribution in [0.15, 0.2) is 168 Å². The van der Waals surface area contributed by atoms with Crippen molar-refractivity contribution in [1.82, 2.24) is 0 Å². The van der Waals surface area contributed by atoms with Crippen LogP contribution in [0.5, 0.6) is 0 Å². The van der Waals surface area contributed by atoms with Crippen LogP contribution >= 0.6 is 0 Å². The molecule has 0 saturated heterocycles. The fourth-order valence-corrected chi connectivity index (χ4v) is 13.1. The van der Waals surface area contributed by atoms with Gasteiger partial charge in [-0.15, -0.1) is 0 Å². The lowest BCUT2D eigenvalue weighted by molar-refractivity contribution is 0.332. The fourth-order valence-electron chi connectivity index (χ4n) is 13.1. The molecule has 1 aromatic heterocycles. The molecule has 69 heavy (non-hydrogen) atoms. The molecule has 8 aromatic carbocycles. The second kappa shape index (κ2) is 14.2. The highest BCUT2D eigenvalue weighted by molar-refractivity contribution is 6.93. The highest BCUT2D eigenvalue weighted by Crippen LogP contribution is 2.60. The molecule has 3 aliphatic heterocycles. The van der Waals surface area contributed by atoms with Gasteiger partial charge in [-0.1, -0.05) is 184 Å². The quantitative estimate of drug-likeness (QED) is 0.165. The van der Waals surface area contributed by atoms with Crippen molar-refractivity contribution in [3.63, 3.8) is 0 Å². The average molecular weight is 897 g/mol. The molecule has 0 unspecified atom stereocenters. The number of furan rings is 1. The van der Waals surface area contributed by atoms with Crippen molar-refractivity contribution in [3.8, 4) is 11.1 Å². The van der Waals surface area contributed by atoms with Crippen LogP contribution in [0.25, 0.3) is 33.1 Å². The summed E-state index contributed by atoms with van der Waals surface area (Å²) in [4.78, 5) is 5.31. The highest BCUT2D eigenvalue weighted by atomic mass is 16.3. The predicted octanol–water partition coefficient (Wildman–Crippen LogP) is 15.9. The number of para-hydroxylation sites is 2. The highest BCUT2D eigenvalue weighted by Gasteiger charge is 2.53. The first-order chi connectivity index (χ1) is 33.0. The molecule has 4 heterocycles. The minimum atomic E-state index is -0.586. The number of benzene rings is 8. The van der Waals surface area contributed by atoms with Crippen molar-refractivity contribution in [1.29, 1.82) is 0 Å². The number of hydrogen-bond acceptors (Lipinski definition) is 3. The topological polar surface area (TPSA) is 19.6 Å². The van der Waals surface area contributed by atoms with Crippen molar-refractivity contribution in [2.24, 2.45) is 0 Å². The Hall–Kier alpha value is -6.78. The molecule has 0 amide bonds. The van der Waals surface area contributed by atoms with Crippen LogP contribution in [0.2, 0.25) is 0 Å². The zero-order valence-corrected chi connectivity index (χ0v) is 41.9. The van der Waals surface area contributed by atoms with E-state index in [4.69, 9.17) is 4.42 Å². The number of anilines is 5. The SMILES string of the molecule is CC(C)(C)c1ccc(N2B3c4cccc5c4N(c4ccccc4C5(c4ccccc4)c4ccccc4)c4cc(C(C)(C)C)cc(c43)-c3c2ccc2c3oc3cc4c(cc32)C(C)(C)CCC4(C)C)cc1. The van der Waals surface area contributed by atoms with Gasteiger partial charge in [0, 0.05) is 39.1 Å². The third-order valence-corrected chi connectivity index (χ3v) is 16.9. The third kappa shape index (κ3) is 5.81. The molecule has 0 spiro atoms. The molecule has 4 aliphatic rings. The summed E-state index contributed by atoms with van der Waals surface area (Å²) in [5, 5.41) is 2.39. The van der Waals surface area contributed by atoms with Gasteiger partial charge < -0.3 is 14.1 Å². The summed E-state index contributed by atoms with van der Waals surface area (Å²) >= 11 is 0. The predicted molar refractivity (Wildman–Crippen MR) is 292 cm³/mol. The zero-order valence-electron chi connectivity index (χ0n) is 41.9. The van der Waals surface area contributed by atoms with Gasteiger partial charge in [-0.2, -0.15) is 0 Å². The Morgan fingerprint density at radius 3 is 1.77 bits per heavy atom. The van der Waals surface area contributed by atoms with Crippen molar-refractivity contribution in [2.45, 2.75) is 109 Å². The van der Waals surface area contributed by atoms with E-state index in [1.54, 1.807) is 0 Å². The molecule has 9 aromatic rings. The summed E-state index contributed by atoms with van der Waals surface area (Å²) in [6.07, 6.45) is 2.32. The summed E-state index contributed by atoms with van der Waals surface area (Å²) in [5.74, 6) is 0. The van der Waals surface area contributed by atoms with E-state index in [0.29, 0.717) is 0 Å². The van der Waals surface area contributed by atoms with E-state index in [1.807, 2.05) is 0 Å².